The number of benzene rings is 1. The Balaban J connectivity index is 1.53. The van der Waals surface area contributed by atoms with Crippen LogP contribution in [-0.2, 0) is 11.3 Å². The van der Waals surface area contributed by atoms with Gasteiger partial charge in [-0.05, 0) is 24.7 Å². The van der Waals surface area contributed by atoms with Crippen molar-refractivity contribution < 1.29 is 9.59 Å². The van der Waals surface area contributed by atoms with Crippen LogP contribution in [0, 0.1) is 5.92 Å². The average molecular weight is 382 g/mol. The van der Waals surface area contributed by atoms with Crippen LogP contribution in [0.15, 0.2) is 47.9 Å². The Hall–Kier alpha value is -2.41. The van der Waals surface area contributed by atoms with Gasteiger partial charge < -0.3 is 9.80 Å². The second-order valence-electron chi connectivity index (χ2n) is 7.05. The number of carbonyl (C=O) groups is 2. The van der Waals surface area contributed by atoms with Crippen molar-refractivity contribution in [2.75, 3.05) is 19.3 Å². The summed E-state index contributed by atoms with van der Waals surface area (Å²) in [6.45, 7) is 1.65. The summed E-state index contributed by atoms with van der Waals surface area (Å²) in [5.41, 5.74) is 1.61. The Morgan fingerprint density at radius 3 is 2.59 bits per heavy atom. The highest BCUT2D eigenvalue weighted by Gasteiger charge is 2.42. The fourth-order valence-corrected chi connectivity index (χ4v) is 4.23. The molecule has 0 aliphatic carbocycles. The molecule has 0 spiro atoms. The van der Waals surface area contributed by atoms with Gasteiger partial charge >= 0.3 is 0 Å². The molecule has 4 heterocycles. The predicted molar refractivity (Wildman–Crippen MR) is 103 cm³/mol. The summed E-state index contributed by atoms with van der Waals surface area (Å²) >= 11 is 1.44. The first-order valence-corrected chi connectivity index (χ1v) is 10.4. The van der Waals surface area contributed by atoms with E-state index in [1.165, 1.54) is 11.8 Å². The summed E-state index contributed by atoms with van der Waals surface area (Å²) in [6.07, 6.45) is 6.85. The van der Waals surface area contributed by atoms with Crippen molar-refractivity contribution in [3.8, 4) is 0 Å². The molecule has 6 nitrogen and oxygen atoms in total. The lowest BCUT2D eigenvalue weighted by Gasteiger charge is -2.36. The molecule has 27 heavy (non-hydrogen) atoms. The zero-order chi connectivity index (χ0) is 18.8. The van der Waals surface area contributed by atoms with Crippen molar-refractivity contribution in [3.63, 3.8) is 0 Å². The molecule has 140 valence electrons. The minimum atomic E-state index is -0.122. The van der Waals surface area contributed by atoms with Crippen LogP contribution in [0.1, 0.15) is 28.8 Å². The summed E-state index contributed by atoms with van der Waals surface area (Å²) in [4.78, 5) is 38.1. The highest BCUT2D eigenvalue weighted by molar-refractivity contribution is 7.98. The minimum Gasteiger partial charge on any atom is -0.336 e. The number of carbonyl (C=O) groups excluding carboxylic acids is 2. The summed E-state index contributed by atoms with van der Waals surface area (Å²) in [7, 11) is 0. The quantitative estimate of drug-likeness (QED) is 0.600. The predicted octanol–water partition coefficient (Wildman–Crippen LogP) is 2.46. The number of thioether (sulfide) groups is 1. The van der Waals surface area contributed by atoms with E-state index in [0.29, 0.717) is 30.4 Å². The molecule has 2 atom stereocenters. The van der Waals surface area contributed by atoms with Crippen molar-refractivity contribution in [2.45, 2.75) is 30.6 Å². The fourth-order valence-electron chi connectivity index (χ4n) is 3.91. The number of rotatable bonds is 4. The van der Waals surface area contributed by atoms with Crippen LogP contribution in [0.4, 0.5) is 0 Å². The van der Waals surface area contributed by atoms with Gasteiger partial charge in [0.05, 0.1) is 11.5 Å². The van der Waals surface area contributed by atoms with Gasteiger partial charge in [0.25, 0.3) is 5.91 Å². The van der Waals surface area contributed by atoms with E-state index < -0.39 is 0 Å². The standard InChI is InChI=1S/C20H22N4O2S/c1-27-20-21-9-16(10-22-20)18(25)23-12-15-7-8-17(13-23)24(19(15)26)11-14-5-3-2-4-6-14/h2-6,9-10,15,17H,7-8,11-13H2,1H3/t15-,17+/m0/s1. The molecule has 5 rings (SSSR count). The van der Waals surface area contributed by atoms with E-state index in [-0.39, 0.29) is 23.8 Å². The maximum Gasteiger partial charge on any atom is 0.257 e. The fraction of sp³-hybridized carbons (Fsp3) is 0.400. The van der Waals surface area contributed by atoms with Crippen molar-refractivity contribution in [2.24, 2.45) is 5.92 Å². The van der Waals surface area contributed by atoms with Gasteiger partial charge in [0.15, 0.2) is 5.16 Å². The second kappa shape index (κ2) is 7.68. The monoisotopic (exact) mass is 382 g/mol. The number of hydrogen-bond donors (Lipinski definition) is 0. The Bertz CT molecular complexity index is 828. The third-order valence-corrected chi connectivity index (χ3v) is 5.91. The Morgan fingerprint density at radius 1 is 1.15 bits per heavy atom. The first-order valence-electron chi connectivity index (χ1n) is 9.15. The first-order chi connectivity index (χ1) is 13.2. The van der Waals surface area contributed by atoms with Gasteiger partial charge in [-0.3, -0.25) is 9.59 Å². The molecule has 2 amide bonds. The van der Waals surface area contributed by atoms with Crippen LogP contribution >= 0.6 is 11.8 Å². The molecule has 0 N–H and O–H groups in total. The van der Waals surface area contributed by atoms with E-state index in [9.17, 15) is 9.59 Å². The number of piperidine rings is 1. The lowest BCUT2D eigenvalue weighted by Crippen LogP contribution is -2.47. The maximum absolute atomic E-state index is 13.0. The van der Waals surface area contributed by atoms with Crippen LogP contribution in [0.3, 0.4) is 0 Å². The van der Waals surface area contributed by atoms with Crippen LogP contribution in [-0.4, -0.2) is 57.0 Å². The smallest absolute Gasteiger partial charge is 0.257 e. The van der Waals surface area contributed by atoms with E-state index in [1.54, 1.807) is 12.4 Å². The van der Waals surface area contributed by atoms with E-state index in [0.717, 1.165) is 18.4 Å². The normalized spacial score (nSPS) is 22.0. The summed E-state index contributed by atoms with van der Waals surface area (Å²) in [5, 5.41) is 0.645. The third kappa shape index (κ3) is 3.69. The zero-order valence-electron chi connectivity index (χ0n) is 15.2. The van der Waals surface area contributed by atoms with Gasteiger partial charge in [0.1, 0.15) is 0 Å². The van der Waals surface area contributed by atoms with E-state index in [2.05, 4.69) is 9.97 Å². The molecule has 7 heteroatoms. The van der Waals surface area contributed by atoms with Crippen molar-refractivity contribution in [3.05, 3.63) is 53.9 Å². The van der Waals surface area contributed by atoms with E-state index in [1.807, 2.05) is 46.4 Å². The first kappa shape index (κ1) is 18.0. The van der Waals surface area contributed by atoms with Gasteiger partial charge in [-0.1, -0.05) is 42.1 Å². The number of hydrogen-bond acceptors (Lipinski definition) is 5. The summed E-state index contributed by atoms with van der Waals surface area (Å²) < 4.78 is 0. The van der Waals surface area contributed by atoms with Gasteiger partial charge in [-0.2, -0.15) is 0 Å². The topological polar surface area (TPSA) is 66.4 Å². The molecule has 1 aromatic carbocycles. The minimum absolute atomic E-state index is 0.0618. The summed E-state index contributed by atoms with van der Waals surface area (Å²) in [6, 6.07) is 10.1. The largest absolute Gasteiger partial charge is 0.336 e. The zero-order valence-corrected chi connectivity index (χ0v) is 16.1. The van der Waals surface area contributed by atoms with Crippen LogP contribution in [0.5, 0.6) is 0 Å². The molecule has 1 aromatic heterocycles. The number of nitrogens with zero attached hydrogens (tertiary/aromatic N) is 4. The van der Waals surface area contributed by atoms with E-state index in [4.69, 9.17) is 0 Å². The SMILES string of the molecule is CSc1ncc(C(=O)N2C[C@@H]3CC[C@H](C2)N(Cc2ccccc2)C3=O)cn1. The molecular weight excluding hydrogens is 360 g/mol. The molecule has 2 bridgehead atoms. The van der Waals surface area contributed by atoms with Gasteiger partial charge in [0, 0.05) is 38.1 Å². The van der Waals surface area contributed by atoms with Crippen molar-refractivity contribution in [1.82, 2.24) is 19.8 Å². The molecule has 0 saturated carbocycles. The number of fused-ring (bicyclic) bond motifs is 4. The highest BCUT2D eigenvalue weighted by Crippen LogP contribution is 2.31. The molecule has 3 saturated heterocycles. The molecular formula is C20H22N4O2S. The van der Waals surface area contributed by atoms with Gasteiger partial charge in [-0.15, -0.1) is 0 Å². The molecule has 2 aromatic rings. The summed E-state index contributed by atoms with van der Waals surface area (Å²) in [5.74, 6) is -0.0453. The lowest BCUT2D eigenvalue weighted by atomic mass is 9.93. The van der Waals surface area contributed by atoms with Crippen molar-refractivity contribution in [1.29, 1.82) is 0 Å². The maximum atomic E-state index is 13.0. The molecule has 3 aliphatic heterocycles. The number of aromatic nitrogens is 2. The van der Waals surface area contributed by atoms with E-state index >= 15 is 0 Å². The molecule has 3 fully saturated rings. The molecule has 3 aliphatic rings. The number of amides is 2. The molecule has 0 radical (unpaired) electrons. The van der Waals surface area contributed by atoms with Crippen LogP contribution < -0.4 is 0 Å². The Kier molecular flexibility index (Phi) is 5.11. The molecule has 0 unspecified atom stereocenters. The highest BCUT2D eigenvalue weighted by atomic mass is 32.2. The Labute approximate surface area is 163 Å². The van der Waals surface area contributed by atoms with Crippen LogP contribution in [0.25, 0.3) is 0 Å². The lowest BCUT2D eigenvalue weighted by molar-refractivity contribution is -0.140. The second-order valence-corrected chi connectivity index (χ2v) is 7.82. The Morgan fingerprint density at radius 2 is 1.89 bits per heavy atom. The van der Waals surface area contributed by atoms with Crippen LogP contribution in [0.2, 0.25) is 0 Å². The third-order valence-electron chi connectivity index (χ3n) is 5.33. The van der Waals surface area contributed by atoms with Gasteiger partial charge in [-0.25, -0.2) is 9.97 Å². The average Bonchev–Trinajstić information content (AvgIpc) is 3.01. The van der Waals surface area contributed by atoms with Gasteiger partial charge in [0.2, 0.25) is 5.91 Å². The van der Waals surface area contributed by atoms with Crippen molar-refractivity contribution >= 4 is 23.6 Å².